The Morgan fingerprint density at radius 2 is 1.90 bits per heavy atom. The van der Waals surface area contributed by atoms with Crippen molar-refractivity contribution in [1.82, 2.24) is 0 Å². The molecular weight excluding hydrogens is 267 g/mol. The highest BCUT2D eigenvalue weighted by Gasteiger charge is 2.65. The lowest BCUT2D eigenvalue weighted by molar-refractivity contribution is -0.327. The van der Waals surface area contributed by atoms with Gasteiger partial charge >= 0.3 is 5.97 Å². The van der Waals surface area contributed by atoms with Crippen molar-refractivity contribution >= 4 is 11.8 Å². The van der Waals surface area contributed by atoms with E-state index in [1.807, 2.05) is 0 Å². The SMILES string of the molecule is CO[C@H]1CC(=O)C[C@H]2OC3(CCCCC3)OC(=O)[C@@]12F. The summed E-state index contributed by atoms with van der Waals surface area (Å²) in [5.74, 6) is -2.11. The largest absolute Gasteiger partial charge is 0.431 e. The molecule has 3 rings (SSSR count). The van der Waals surface area contributed by atoms with Gasteiger partial charge in [0.2, 0.25) is 5.79 Å². The second kappa shape index (κ2) is 4.77. The van der Waals surface area contributed by atoms with Crippen molar-refractivity contribution < 1.29 is 28.2 Å². The zero-order valence-electron chi connectivity index (χ0n) is 11.5. The van der Waals surface area contributed by atoms with Gasteiger partial charge in [-0.1, -0.05) is 6.42 Å². The maximum Gasteiger partial charge on any atom is 0.352 e. The molecule has 2 aliphatic carbocycles. The predicted octanol–water partition coefficient (Wildman–Crippen LogP) is 1.68. The molecule has 3 fully saturated rings. The standard InChI is InChI=1S/C14H19FO5/c1-18-10-7-9(16)8-11-14(10,15)12(17)20-13(19-11)5-3-2-4-6-13/h10-11H,2-8H2,1H3/t10-,11+,14+/m0/s1. The molecule has 0 amide bonds. The number of ether oxygens (including phenoxy) is 3. The summed E-state index contributed by atoms with van der Waals surface area (Å²) >= 11 is 0. The summed E-state index contributed by atoms with van der Waals surface area (Å²) in [6.07, 6.45) is 1.52. The zero-order valence-corrected chi connectivity index (χ0v) is 11.5. The normalized spacial score (nSPS) is 40.3. The highest BCUT2D eigenvalue weighted by atomic mass is 19.1. The number of alkyl halides is 1. The molecule has 0 aromatic carbocycles. The average molecular weight is 286 g/mol. The number of halogens is 1. The number of esters is 1. The Labute approximate surface area is 116 Å². The van der Waals surface area contributed by atoms with E-state index in [1.54, 1.807) is 0 Å². The van der Waals surface area contributed by atoms with Gasteiger partial charge in [0.05, 0.1) is 0 Å². The summed E-state index contributed by atoms with van der Waals surface area (Å²) < 4.78 is 31.2. The molecule has 20 heavy (non-hydrogen) atoms. The fourth-order valence-electron chi connectivity index (χ4n) is 3.49. The number of hydrogen-bond donors (Lipinski definition) is 0. The molecule has 112 valence electrons. The molecule has 0 aromatic heterocycles. The number of ketones is 1. The Morgan fingerprint density at radius 1 is 1.20 bits per heavy atom. The summed E-state index contributed by atoms with van der Waals surface area (Å²) in [6, 6.07) is 0. The van der Waals surface area contributed by atoms with E-state index in [4.69, 9.17) is 14.2 Å². The number of carbonyl (C=O) groups is 2. The molecule has 1 heterocycles. The fraction of sp³-hybridized carbons (Fsp3) is 0.857. The van der Waals surface area contributed by atoms with Crippen molar-refractivity contribution in [3.05, 3.63) is 0 Å². The molecule has 1 aliphatic heterocycles. The topological polar surface area (TPSA) is 61.8 Å². The van der Waals surface area contributed by atoms with E-state index < -0.39 is 29.6 Å². The molecule has 0 radical (unpaired) electrons. The Bertz CT molecular complexity index is 431. The number of rotatable bonds is 1. The number of Topliss-reactive ketones (excluding diaryl/α,β-unsaturated/α-hetero) is 1. The monoisotopic (exact) mass is 286 g/mol. The van der Waals surface area contributed by atoms with Crippen LogP contribution < -0.4 is 0 Å². The van der Waals surface area contributed by atoms with Crippen LogP contribution in [0.1, 0.15) is 44.9 Å². The average Bonchev–Trinajstić information content (AvgIpc) is 2.42. The second-order valence-corrected chi connectivity index (χ2v) is 5.91. The predicted molar refractivity (Wildman–Crippen MR) is 65.7 cm³/mol. The molecule has 6 heteroatoms. The van der Waals surface area contributed by atoms with E-state index in [0.29, 0.717) is 12.8 Å². The molecule has 0 aromatic rings. The van der Waals surface area contributed by atoms with Crippen LogP contribution in [0.3, 0.4) is 0 Å². The first-order chi connectivity index (χ1) is 9.50. The van der Waals surface area contributed by atoms with Gasteiger partial charge in [-0.3, -0.25) is 4.79 Å². The van der Waals surface area contributed by atoms with Crippen LogP contribution in [0.25, 0.3) is 0 Å². The van der Waals surface area contributed by atoms with Crippen molar-refractivity contribution in [2.24, 2.45) is 0 Å². The molecule has 3 atom stereocenters. The van der Waals surface area contributed by atoms with Crippen molar-refractivity contribution in [2.75, 3.05) is 7.11 Å². The van der Waals surface area contributed by atoms with Crippen LogP contribution in [0, 0.1) is 0 Å². The zero-order chi connectivity index (χ0) is 14.4. The first-order valence-corrected chi connectivity index (χ1v) is 7.15. The van der Waals surface area contributed by atoms with E-state index in [0.717, 1.165) is 19.3 Å². The Kier molecular flexibility index (Phi) is 3.33. The molecule has 0 unspecified atom stereocenters. The van der Waals surface area contributed by atoms with Gasteiger partial charge in [-0.15, -0.1) is 0 Å². The van der Waals surface area contributed by atoms with Crippen LogP contribution in [-0.4, -0.2) is 42.5 Å². The number of hydrogen-bond acceptors (Lipinski definition) is 5. The first-order valence-electron chi connectivity index (χ1n) is 7.15. The van der Waals surface area contributed by atoms with Gasteiger partial charge in [0.25, 0.3) is 5.67 Å². The van der Waals surface area contributed by atoms with E-state index in [-0.39, 0.29) is 18.6 Å². The van der Waals surface area contributed by atoms with Crippen molar-refractivity contribution in [2.45, 2.75) is 68.6 Å². The van der Waals surface area contributed by atoms with Crippen molar-refractivity contribution in [1.29, 1.82) is 0 Å². The molecular formula is C14H19FO5. The maximum absolute atomic E-state index is 15.1. The fourth-order valence-corrected chi connectivity index (χ4v) is 3.49. The summed E-state index contributed by atoms with van der Waals surface area (Å²) in [5.41, 5.74) is -2.37. The van der Waals surface area contributed by atoms with Gasteiger partial charge in [0.1, 0.15) is 18.0 Å². The van der Waals surface area contributed by atoms with Crippen molar-refractivity contribution in [3.8, 4) is 0 Å². The van der Waals surface area contributed by atoms with Gasteiger partial charge in [-0.05, 0) is 12.8 Å². The van der Waals surface area contributed by atoms with Crippen LogP contribution in [0.2, 0.25) is 0 Å². The molecule has 0 N–H and O–H groups in total. The van der Waals surface area contributed by atoms with Crippen LogP contribution in [0.15, 0.2) is 0 Å². The highest BCUT2D eigenvalue weighted by Crippen LogP contribution is 2.46. The minimum Gasteiger partial charge on any atom is -0.431 e. The second-order valence-electron chi connectivity index (χ2n) is 5.91. The Balaban J connectivity index is 1.90. The van der Waals surface area contributed by atoms with Crippen LogP contribution in [0.5, 0.6) is 0 Å². The van der Waals surface area contributed by atoms with Crippen LogP contribution >= 0.6 is 0 Å². The van der Waals surface area contributed by atoms with Gasteiger partial charge < -0.3 is 14.2 Å². The van der Waals surface area contributed by atoms with E-state index in [9.17, 15) is 9.59 Å². The minimum atomic E-state index is -2.37. The molecule has 2 saturated carbocycles. The number of carbonyl (C=O) groups excluding carboxylic acids is 2. The van der Waals surface area contributed by atoms with E-state index in [1.165, 1.54) is 7.11 Å². The minimum absolute atomic E-state index is 0.0901. The van der Waals surface area contributed by atoms with Gasteiger partial charge in [0.15, 0.2) is 0 Å². The van der Waals surface area contributed by atoms with Crippen LogP contribution in [0.4, 0.5) is 4.39 Å². The Morgan fingerprint density at radius 3 is 2.55 bits per heavy atom. The summed E-state index contributed by atoms with van der Waals surface area (Å²) in [5, 5.41) is 0. The first kappa shape index (κ1) is 13.9. The molecule has 0 bridgehead atoms. The lowest BCUT2D eigenvalue weighted by Gasteiger charge is -2.50. The van der Waals surface area contributed by atoms with E-state index >= 15 is 4.39 Å². The highest BCUT2D eigenvalue weighted by molar-refractivity contribution is 5.89. The number of fused-ring (bicyclic) bond motifs is 1. The smallest absolute Gasteiger partial charge is 0.352 e. The summed E-state index contributed by atoms with van der Waals surface area (Å²) in [4.78, 5) is 24.0. The molecule has 1 saturated heterocycles. The maximum atomic E-state index is 15.1. The molecule has 1 spiro atoms. The third kappa shape index (κ3) is 1.97. The summed E-state index contributed by atoms with van der Waals surface area (Å²) in [7, 11) is 1.29. The third-order valence-corrected chi connectivity index (χ3v) is 4.61. The Hall–Kier alpha value is -1.01. The van der Waals surface area contributed by atoms with Gasteiger partial charge in [0, 0.05) is 32.8 Å². The lowest BCUT2D eigenvalue weighted by atomic mass is 9.78. The quantitative estimate of drug-likeness (QED) is 0.686. The lowest BCUT2D eigenvalue weighted by Crippen LogP contribution is -2.68. The van der Waals surface area contributed by atoms with Crippen molar-refractivity contribution in [3.63, 3.8) is 0 Å². The van der Waals surface area contributed by atoms with Gasteiger partial charge in [-0.25, -0.2) is 9.18 Å². The van der Waals surface area contributed by atoms with E-state index in [2.05, 4.69) is 0 Å². The molecule has 3 aliphatic rings. The summed E-state index contributed by atoms with van der Waals surface area (Å²) in [6.45, 7) is 0. The molecule has 5 nitrogen and oxygen atoms in total. The number of methoxy groups -OCH3 is 1. The van der Waals surface area contributed by atoms with Gasteiger partial charge in [-0.2, -0.15) is 0 Å². The third-order valence-electron chi connectivity index (χ3n) is 4.61. The van der Waals surface area contributed by atoms with Crippen LogP contribution in [-0.2, 0) is 23.8 Å².